The van der Waals surface area contributed by atoms with E-state index in [2.05, 4.69) is 25.4 Å². The first kappa shape index (κ1) is 13.3. The average molecular weight is 203 g/mol. The van der Waals surface area contributed by atoms with Crippen LogP contribution in [0, 0.1) is 0 Å². The van der Waals surface area contributed by atoms with Crippen molar-refractivity contribution in [2.75, 3.05) is 19.3 Å². The molecule has 0 aliphatic heterocycles. The monoisotopic (exact) mass is 203 g/mol. The third kappa shape index (κ3) is 10.2. The molecular weight excluding hydrogens is 178 g/mol. The Morgan fingerprint density at radius 3 is 2.46 bits per heavy atom. The lowest BCUT2D eigenvalue weighted by atomic mass is 10.1. The molecule has 1 N–H and O–H groups in total. The Balaban J connectivity index is 2.91. The largest absolute Gasteiger partial charge is 0.316 e. The third-order valence-corrected chi connectivity index (χ3v) is 3.26. The fourth-order valence-electron chi connectivity index (χ4n) is 1.24. The Morgan fingerprint density at radius 2 is 1.85 bits per heavy atom. The molecule has 1 unspecified atom stereocenters. The zero-order valence-corrected chi connectivity index (χ0v) is 10.3. The van der Waals surface area contributed by atoms with Crippen LogP contribution in [-0.2, 0) is 0 Å². The standard InChI is InChI=1S/C11H25NS/c1-4-5-6-7-8-9-12-10-11(2)13-3/h11-12H,4-10H2,1-3H3. The van der Waals surface area contributed by atoms with Crippen molar-refractivity contribution in [1.82, 2.24) is 5.32 Å². The first-order valence-corrected chi connectivity index (χ1v) is 6.83. The molecule has 0 spiro atoms. The van der Waals surface area contributed by atoms with Gasteiger partial charge in [0.2, 0.25) is 0 Å². The number of nitrogens with one attached hydrogen (secondary N) is 1. The van der Waals surface area contributed by atoms with Crippen molar-refractivity contribution in [1.29, 1.82) is 0 Å². The van der Waals surface area contributed by atoms with E-state index >= 15 is 0 Å². The summed E-state index contributed by atoms with van der Waals surface area (Å²) in [5, 5.41) is 4.25. The van der Waals surface area contributed by atoms with Crippen LogP contribution in [0.25, 0.3) is 0 Å². The number of unbranched alkanes of at least 4 members (excludes halogenated alkanes) is 4. The average Bonchev–Trinajstić information content (AvgIpc) is 2.16. The molecule has 80 valence electrons. The van der Waals surface area contributed by atoms with Crippen LogP contribution >= 0.6 is 11.8 Å². The predicted molar refractivity (Wildman–Crippen MR) is 64.6 cm³/mol. The minimum absolute atomic E-state index is 0.760. The van der Waals surface area contributed by atoms with Crippen molar-refractivity contribution in [3.63, 3.8) is 0 Å². The molecule has 0 aromatic rings. The van der Waals surface area contributed by atoms with Crippen LogP contribution in [0.15, 0.2) is 0 Å². The summed E-state index contributed by atoms with van der Waals surface area (Å²) in [6, 6.07) is 0. The molecule has 0 aromatic carbocycles. The van der Waals surface area contributed by atoms with E-state index in [-0.39, 0.29) is 0 Å². The fourth-order valence-corrected chi connectivity index (χ4v) is 1.53. The van der Waals surface area contributed by atoms with E-state index in [4.69, 9.17) is 0 Å². The van der Waals surface area contributed by atoms with E-state index < -0.39 is 0 Å². The fraction of sp³-hybridized carbons (Fsp3) is 1.00. The minimum atomic E-state index is 0.760. The van der Waals surface area contributed by atoms with E-state index in [0.29, 0.717) is 0 Å². The Bertz CT molecular complexity index is 96.1. The van der Waals surface area contributed by atoms with Gasteiger partial charge >= 0.3 is 0 Å². The van der Waals surface area contributed by atoms with Gasteiger partial charge < -0.3 is 5.32 Å². The Labute approximate surface area is 88.1 Å². The molecule has 13 heavy (non-hydrogen) atoms. The number of thioether (sulfide) groups is 1. The van der Waals surface area contributed by atoms with Crippen LogP contribution in [0.4, 0.5) is 0 Å². The molecule has 0 heterocycles. The lowest BCUT2D eigenvalue weighted by Gasteiger charge is -2.09. The molecule has 0 aromatic heterocycles. The van der Waals surface area contributed by atoms with Crippen LogP contribution < -0.4 is 5.32 Å². The molecule has 1 nitrogen and oxygen atoms in total. The highest BCUT2D eigenvalue weighted by atomic mass is 32.2. The Morgan fingerprint density at radius 1 is 1.15 bits per heavy atom. The molecule has 0 amide bonds. The maximum Gasteiger partial charge on any atom is 0.0141 e. The van der Waals surface area contributed by atoms with Crippen molar-refractivity contribution < 1.29 is 0 Å². The maximum atomic E-state index is 3.49. The summed E-state index contributed by atoms with van der Waals surface area (Å²) in [5.74, 6) is 0. The summed E-state index contributed by atoms with van der Waals surface area (Å²) < 4.78 is 0. The van der Waals surface area contributed by atoms with Gasteiger partial charge in [-0.15, -0.1) is 0 Å². The zero-order valence-electron chi connectivity index (χ0n) is 9.44. The molecule has 0 fully saturated rings. The molecule has 0 aliphatic carbocycles. The molecule has 0 saturated carbocycles. The summed E-state index contributed by atoms with van der Waals surface area (Å²) in [7, 11) is 0. The second-order valence-electron chi connectivity index (χ2n) is 3.66. The smallest absolute Gasteiger partial charge is 0.0141 e. The zero-order chi connectivity index (χ0) is 9.94. The van der Waals surface area contributed by atoms with Gasteiger partial charge in [-0.05, 0) is 19.2 Å². The van der Waals surface area contributed by atoms with Crippen molar-refractivity contribution in [2.45, 2.75) is 51.2 Å². The highest BCUT2D eigenvalue weighted by Crippen LogP contribution is 2.03. The summed E-state index contributed by atoms with van der Waals surface area (Å²) in [5.41, 5.74) is 0. The first-order chi connectivity index (χ1) is 6.31. The van der Waals surface area contributed by atoms with Gasteiger partial charge in [-0.2, -0.15) is 11.8 Å². The van der Waals surface area contributed by atoms with Crippen molar-refractivity contribution in [2.24, 2.45) is 0 Å². The Kier molecular flexibility index (Phi) is 10.6. The van der Waals surface area contributed by atoms with Gasteiger partial charge in [0.25, 0.3) is 0 Å². The predicted octanol–water partition coefficient (Wildman–Crippen LogP) is 3.30. The van der Waals surface area contributed by atoms with Crippen LogP contribution in [0.3, 0.4) is 0 Å². The molecular formula is C11H25NS. The van der Waals surface area contributed by atoms with Crippen molar-refractivity contribution in [3.05, 3.63) is 0 Å². The van der Waals surface area contributed by atoms with E-state index in [1.165, 1.54) is 38.6 Å². The van der Waals surface area contributed by atoms with Crippen molar-refractivity contribution >= 4 is 11.8 Å². The van der Waals surface area contributed by atoms with Crippen molar-refractivity contribution in [3.8, 4) is 0 Å². The molecule has 0 aliphatic rings. The van der Waals surface area contributed by atoms with Crippen LogP contribution in [0.1, 0.15) is 46.0 Å². The second kappa shape index (κ2) is 10.4. The number of hydrogen-bond acceptors (Lipinski definition) is 2. The van der Waals surface area contributed by atoms with E-state index in [1.807, 2.05) is 11.8 Å². The lowest BCUT2D eigenvalue weighted by Crippen LogP contribution is -2.23. The third-order valence-electron chi connectivity index (χ3n) is 2.29. The maximum absolute atomic E-state index is 3.49. The summed E-state index contributed by atoms with van der Waals surface area (Å²) in [6.45, 7) is 6.90. The quantitative estimate of drug-likeness (QED) is 0.577. The van der Waals surface area contributed by atoms with Gasteiger partial charge in [0.15, 0.2) is 0 Å². The van der Waals surface area contributed by atoms with E-state index in [9.17, 15) is 0 Å². The topological polar surface area (TPSA) is 12.0 Å². The summed E-state index contributed by atoms with van der Waals surface area (Å²) in [6.07, 6.45) is 9.08. The van der Waals surface area contributed by atoms with Crippen LogP contribution in [-0.4, -0.2) is 24.6 Å². The lowest BCUT2D eigenvalue weighted by molar-refractivity contribution is 0.584. The second-order valence-corrected chi connectivity index (χ2v) is 4.94. The van der Waals surface area contributed by atoms with Crippen LogP contribution in [0.2, 0.25) is 0 Å². The van der Waals surface area contributed by atoms with Gasteiger partial charge in [0.1, 0.15) is 0 Å². The van der Waals surface area contributed by atoms with E-state index in [0.717, 1.165) is 11.8 Å². The van der Waals surface area contributed by atoms with Gasteiger partial charge in [-0.25, -0.2) is 0 Å². The molecule has 2 heteroatoms. The molecule has 0 rings (SSSR count). The highest BCUT2D eigenvalue weighted by Gasteiger charge is 1.96. The molecule has 1 atom stereocenters. The van der Waals surface area contributed by atoms with Gasteiger partial charge in [-0.3, -0.25) is 0 Å². The minimum Gasteiger partial charge on any atom is -0.316 e. The molecule has 0 bridgehead atoms. The highest BCUT2D eigenvalue weighted by molar-refractivity contribution is 7.99. The summed E-state index contributed by atoms with van der Waals surface area (Å²) >= 11 is 1.93. The Hall–Kier alpha value is 0.310. The number of rotatable bonds is 9. The number of hydrogen-bond donors (Lipinski definition) is 1. The summed E-state index contributed by atoms with van der Waals surface area (Å²) in [4.78, 5) is 0. The molecule has 0 radical (unpaired) electrons. The van der Waals surface area contributed by atoms with Gasteiger partial charge in [-0.1, -0.05) is 39.5 Å². The first-order valence-electron chi connectivity index (χ1n) is 5.54. The van der Waals surface area contributed by atoms with Gasteiger partial charge in [0, 0.05) is 11.8 Å². The van der Waals surface area contributed by atoms with E-state index in [1.54, 1.807) is 0 Å². The van der Waals surface area contributed by atoms with Gasteiger partial charge in [0.05, 0.1) is 0 Å². The van der Waals surface area contributed by atoms with Crippen LogP contribution in [0.5, 0.6) is 0 Å². The molecule has 0 saturated heterocycles. The SMILES string of the molecule is CCCCCCCNCC(C)SC. The normalized spacial score (nSPS) is 13.2.